The summed E-state index contributed by atoms with van der Waals surface area (Å²) >= 11 is 0. The van der Waals surface area contributed by atoms with Gasteiger partial charge in [0.05, 0.1) is 0 Å². The van der Waals surface area contributed by atoms with E-state index in [-0.39, 0.29) is 35.9 Å². The molecule has 1 N–H and O–H groups in total. The van der Waals surface area contributed by atoms with E-state index in [4.69, 9.17) is 0 Å². The van der Waals surface area contributed by atoms with Gasteiger partial charge in [-0.2, -0.15) is 0 Å². The lowest BCUT2D eigenvalue weighted by Gasteiger charge is -2.47. The highest BCUT2D eigenvalue weighted by Crippen LogP contribution is 2.36. The fourth-order valence-electron chi connectivity index (χ4n) is 3.87. The summed E-state index contributed by atoms with van der Waals surface area (Å²) in [6.45, 7) is 6.05. The van der Waals surface area contributed by atoms with Gasteiger partial charge < -0.3 is 15.1 Å². The van der Waals surface area contributed by atoms with Crippen LogP contribution in [0.25, 0.3) is 0 Å². The first-order valence-corrected chi connectivity index (χ1v) is 8.30. The molecule has 0 radical (unpaired) electrons. The van der Waals surface area contributed by atoms with Gasteiger partial charge in [-0.1, -0.05) is 13.8 Å². The molecule has 118 valence electrons. The van der Waals surface area contributed by atoms with Crippen molar-refractivity contribution in [3.8, 4) is 0 Å². The van der Waals surface area contributed by atoms with Crippen LogP contribution in [0.4, 0.5) is 0 Å². The minimum atomic E-state index is -0.302. The van der Waals surface area contributed by atoms with Crippen LogP contribution in [-0.4, -0.2) is 59.9 Å². The monoisotopic (exact) mass is 293 g/mol. The van der Waals surface area contributed by atoms with Crippen molar-refractivity contribution in [2.24, 2.45) is 11.8 Å². The van der Waals surface area contributed by atoms with Crippen molar-refractivity contribution in [2.45, 2.75) is 57.7 Å². The smallest absolute Gasteiger partial charge is 0.246 e. The Balaban J connectivity index is 1.86. The fraction of sp³-hybridized carbons (Fsp3) is 0.875. The number of carbonyl (C=O) groups excluding carboxylic acids is 2. The second-order valence-corrected chi connectivity index (χ2v) is 7.32. The lowest BCUT2D eigenvalue weighted by Crippen LogP contribution is -2.69. The minimum Gasteiger partial charge on any atom is -0.342 e. The Morgan fingerprint density at radius 3 is 2.48 bits per heavy atom. The molecule has 0 spiro atoms. The molecule has 3 atom stereocenters. The molecule has 2 saturated heterocycles. The molecule has 0 aromatic carbocycles. The van der Waals surface area contributed by atoms with Gasteiger partial charge in [0.1, 0.15) is 12.1 Å². The molecule has 3 rings (SSSR count). The number of rotatable bonds is 3. The van der Waals surface area contributed by atoms with E-state index in [1.54, 1.807) is 0 Å². The maximum atomic E-state index is 13.0. The Kier molecular flexibility index (Phi) is 3.95. The van der Waals surface area contributed by atoms with E-state index in [1.165, 1.54) is 0 Å². The van der Waals surface area contributed by atoms with Crippen LogP contribution in [0.2, 0.25) is 0 Å². The molecule has 0 aromatic heterocycles. The predicted molar refractivity (Wildman–Crippen MR) is 80.6 cm³/mol. The zero-order chi connectivity index (χ0) is 15.1. The largest absolute Gasteiger partial charge is 0.342 e. The summed E-state index contributed by atoms with van der Waals surface area (Å²) in [5, 5.41) is 3.00. The number of likely N-dealkylation sites (tertiary alicyclic amines) is 1. The van der Waals surface area contributed by atoms with E-state index in [9.17, 15) is 9.59 Å². The molecule has 2 heterocycles. The van der Waals surface area contributed by atoms with Gasteiger partial charge in [0.15, 0.2) is 0 Å². The van der Waals surface area contributed by atoms with Crippen LogP contribution in [0.3, 0.4) is 0 Å². The second kappa shape index (κ2) is 5.59. The molecule has 0 aromatic rings. The summed E-state index contributed by atoms with van der Waals surface area (Å²) in [6.07, 6.45) is 4.26. The third-order valence-electron chi connectivity index (χ3n) is 5.10. The number of hydrogen-bond donors (Lipinski definition) is 1. The summed E-state index contributed by atoms with van der Waals surface area (Å²) in [5.74, 6) is 0.741. The number of carbonyl (C=O) groups is 2. The number of nitrogens with zero attached hydrogens (tertiary/aromatic N) is 2. The van der Waals surface area contributed by atoms with E-state index >= 15 is 0 Å². The number of hydrogen-bond acceptors (Lipinski definition) is 3. The first-order chi connectivity index (χ1) is 9.99. The van der Waals surface area contributed by atoms with Crippen molar-refractivity contribution in [1.29, 1.82) is 0 Å². The summed E-state index contributed by atoms with van der Waals surface area (Å²) in [5.41, 5.74) is 0. The van der Waals surface area contributed by atoms with Gasteiger partial charge in [-0.3, -0.25) is 9.59 Å². The molecular formula is C16H27N3O2. The normalized spacial score (nSPS) is 35.2. The van der Waals surface area contributed by atoms with Crippen LogP contribution in [0.5, 0.6) is 0 Å². The van der Waals surface area contributed by atoms with E-state index in [1.807, 2.05) is 18.7 Å². The van der Waals surface area contributed by atoms with Crippen molar-refractivity contribution in [1.82, 2.24) is 15.1 Å². The van der Waals surface area contributed by atoms with Crippen LogP contribution in [0.15, 0.2) is 0 Å². The number of amides is 2. The van der Waals surface area contributed by atoms with Gasteiger partial charge in [0.25, 0.3) is 0 Å². The first kappa shape index (κ1) is 14.8. The summed E-state index contributed by atoms with van der Waals surface area (Å²) in [7, 11) is 2.10. The Morgan fingerprint density at radius 2 is 1.90 bits per heavy atom. The molecular weight excluding hydrogens is 266 g/mol. The lowest BCUT2D eigenvalue weighted by molar-refractivity contribution is -0.156. The molecule has 3 unspecified atom stereocenters. The van der Waals surface area contributed by atoms with Crippen LogP contribution >= 0.6 is 0 Å². The number of piperidine rings is 1. The van der Waals surface area contributed by atoms with Gasteiger partial charge in [0, 0.05) is 12.6 Å². The zero-order valence-electron chi connectivity index (χ0n) is 13.3. The van der Waals surface area contributed by atoms with Crippen molar-refractivity contribution in [3.63, 3.8) is 0 Å². The fourth-order valence-corrected chi connectivity index (χ4v) is 3.87. The van der Waals surface area contributed by atoms with Gasteiger partial charge in [0.2, 0.25) is 11.8 Å². The Morgan fingerprint density at radius 1 is 1.19 bits per heavy atom. The van der Waals surface area contributed by atoms with E-state index in [0.717, 1.165) is 38.8 Å². The molecule has 21 heavy (non-hydrogen) atoms. The SMILES string of the molecule is CC(C)C1C(=O)NC(C2CC2)C(=O)N1C1CCCN(C)C1. The maximum Gasteiger partial charge on any atom is 0.246 e. The molecule has 1 aliphatic carbocycles. The van der Waals surface area contributed by atoms with Gasteiger partial charge >= 0.3 is 0 Å². The highest BCUT2D eigenvalue weighted by atomic mass is 16.2. The molecule has 5 nitrogen and oxygen atoms in total. The van der Waals surface area contributed by atoms with Crippen LogP contribution in [-0.2, 0) is 9.59 Å². The number of nitrogens with one attached hydrogen (secondary N) is 1. The summed E-state index contributed by atoms with van der Waals surface area (Å²) < 4.78 is 0. The van der Waals surface area contributed by atoms with Crippen LogP contribution in [0, 0.1) is 11.8 Å². The number of piperazine rings is 1. The topological polar surface area (TPSA) is 52.7 Å². The molecule has 3 aliphatic rings. The third kappa shape index (κ3) is 2.80. The van der Waals surface area contributed by atoms with E-state index in [2.05, 4.69) is 17.3 Å². The van der Waals surface area contributed by atoms with Crippen molar-refractivity contribution in [2.75, 3.05) is 20.1 Å². The van der Waals surface area contributed by atoms with Crippen molar-refractivity contribution >= 4 is 11.8 Å². The maximum absolute atomic E-state index is 13.0. The van der Waals surface area contributed by atoms with E-state index in [0.29, 0.717) is 5.92 Å². The molecule has 2 amide bonds. The summed E-state index contributed by atoms with van der Waals surface area (Å²) in [6, 6.07) is -0.375. The zero-order valence-corrected chi connectivity index (χ0v) is 13.3. The van der Waals surface area contributed by atoms with E-state index < -0.39 is 0 Å². The standard InChI is InChI=1S/C16H27N3O2/c1-10(2)14-15(20)17-13(11-6-7-11)16(21)19(14)12-5-4-8-18(3)9-12/h10-14H,4-9H2,1-3H3,(H,17,20). The lowest BCUT2D eigenvalue weighted by atomic mass is 9.91. The highest BCUT2D eigenvalue weighted by molar-refractivity contribution is 5.97. The predicted octanol–water partition coefficient (Wildman–Crippen LogP) is 0.842. The Bertz CT molecular complexity index is 433. The minimum absolute atomic E-state index is 0.0507. The Hall–Kier alpha value is -1.10. The molecule has 1 saturated carbocycles. The second-order valence-electron chi connectivity index (χ2n) is 7.32. The highest BCUT2D eigenvalue weighted by Gasteiger charge is 2.49. The molecule has 5 heteroatoms. The number of likely N-dealkylation sites (N-methyl/N-ethyl adjacent to an activating group) is 1. The molecule has 3 fully saturated rings. The Labute approximate surface area is 127 Å². The average Bonchev–Trinajstić information content (AvgIpc) is 3.24. The van der Waals surface area contributed by atoms with Crippen LogP contribution < -0.4 is 5.32 Å². The average molecular weight is 293 g/mol. The first-order valence-electron chi connectivity index (χ1n) is 8.30. The van der Waals surface area contributed by atoms with Gasteiger partial charge in [-0.05, 0) is 51.1 Å². The van der Waals surface area contributed by atoms with Gasteiger partial charge in [-0.15, -0.1) is 0 Å². The molecule has 0 bridgehead atoms. The van der Waals surface area contributed by atoms with Crippen LogP contribution in [0.1, 0.15) is 39.5 Å². The molecule has 2 aliphatic heterocycles. The summed E-state index contributed by atoms with van der Waals surface area (Å²) in [4.78, 5) is 29.7. The van der Waals surface area contributed by atoms with Gasteiger partial charge in [-0.25, -0.2) is 0 Å². The quantitative estimate of drug-likeness (QED) is 0.839. The van der Waals surface area contributed by atoms with Crippen molar-refractivity contribution < 1.29 is 9.59 Å². The third-order valence-corrected chi connectivity index (χ3v) is 5.10. The van der Waals surface area contributed by atoms with Crippen molar-refractivity contribution in [3.05, 3.63) is 0 Å².